The number of aromatic nitrogens is 2. The Hall–Kier alpha value is -1.43. The fourth-order valence-electron chi connectivity index (χ4n) is 5.16. The van der Waals surface area contributed by atoms with E-state index in [9.17, 15) is 4.79 Å². The SMILES string of the molecule is O=C(C[C@H]1C[C@H]2CC[C@H]1C2)N1CCN(Cc2noc(C3CC3)n2)CC1. The fraction of sp³-hybridized carbons (Fsp3) is 0.842. The van der Waals surface area contributed by atoms with Crippen molar-refractivity contribution in [2.45, 2.75) is 57.4 Å². The van der Waals surface area contributed by atoms with Gasteiger partial charge in [-0.3, -0.25) is 9.69 Å². The Morgan fingerprint density at radius 2 is 1.92 bits per heavy atom. The Labute approximate surface area is 148 Å². The minimum atomic E-state index is 0.382. The molecule has 3 atom stereocenters. The maximum absolute atomic E-state index is 12.6. The predicted octanol–water partition coefficient (Wildman–Crippen LogP) is 2.42. The van der Waals surface area contributed by atoms with Crippen LogP contribution in [0.25, 0.3) is 0 Å². The van der Waals surface area contributed by atoms with Crippen molar-refractivity contribution >= 4 is 5.91 Å². The maximum Gasteiger partial charge on any atom is 0.229 e. The standard InChI is InChI=1S/C19H28N4O2/c24-18(11-16-10-13-1-2-15(16)9-13)23-7-5-22(6-8-23)12-17-20-19(25-21-17)14-3-4-14/h13-16H,1-12H2/t13-,15-,16+/m0/s1. The number of hydrogen-bond acceptors (Lipinski definition) is 5. The summed E-state index contributed by atoms with van der Waals surface area (Å²) in [5, 5.41) is 4.11. The third-order valence-corrected chi connectivity index (χ3v) is 6.82. The molecule has 2 heterocycles. The average molecular weight is 344 g/mol. The van der Waals surface area contributed by atoms with Crippen LogP contribution in [0.3, 0.4) is 0 Å². The highest BCUT2D eigenvalue weighted by Gasteiger charge is 2.40. The molecule has 1 aliphatic heterocycles. The second-order valence-corrected chi connectivity index (χ2v) is 8.62. The Balaban J connectivity index is 1.09. The summed E-state index contributed by atoms with van der Waals surface area (Å²) in [6.45, 7) is 4.25. The zero-order valence-corrected chi connectivity index (χ0v) is 14.9. The van der Waals surface area contributed by atoms with E-state index in [1.165, 1.54) is 38.5 Å². The monoisotopic (exact) mass is 344 g/mol. The second-order valence-electron chi connectivity index (χ2n) is 8.62. The maximum atomic E-state index is 12.6. The van der Waals surface area contributed by atoms with Gasteiger partial charge in [0.25, 0.3) is 0 Å². The Morgan fingerprint density at radius 1 is 1.08 bits per heavy atom. The summed E-state index contributed by atoms with van der Waals surface area (Å²) in [7, 11) is 0. The quantitative estimate of drug-likeness (QED) is 0.821. The number of piperazine rings is 1. The normalized spacial score (nSPS) is 32.5. The van der Waals surface area contributed by atoms with E-state index in [1.807, 2.05) is 0 Å². The molecule has 0 spiro atoms. The van der Waals surface area contributed by atoms with Crippen molar-refractivity contribution in [3.8, 4) is 0 Å². The van der Waals surface area contributed by atoms with E-state index in [-0.39, 0.29) is 0 Å². The number of fused-ring (bicyclic) bond motifs is 2. The number of amides is 1. The van der Waals surface area contributed by atoms with Crippen LogP contribution in [0.15, 0.2) is 4.52 Å². The molecule has 25 heavy (non-hydrogen) atoms. The summed E-state index contributed by atoms with van der Waals surface area (Å²) in [6.07, 6.45) is 8.63. The minimum Gasteiger partial charge on any atom is -0.340 e. The van der Waals surface area contributed by atoms with E-state index >= 15 is 0 Å². The lowest BCUT2D eigenvalue weighted by Crippen LogP contribution is -2.48. The van der Waals surface area contributed by atoms with Crippen LogP contribution < -0.4 is 0 Å². The molecule has 3 saturated carbocycles. The van der Waals surface area contributed by atoms with Gasteiger partial charge in [0.15, 0.2) is 5.82 Å². The molecule has 1 aromatic rings. The van der Waals surface area contributed by atoms with E-state index < -0.39 is 0 Å². The first-order valence-corrected chi connectivity index (χ1v) is 10.1. The Bertz CT molecular complexity index is 633. The highest BCUT2D eigenvalue weighted by molar-refractivity contribution is 5.76. The van der Waals surface area contributed by atoms with E-state index in [0.29, 0.717) is 17.7 Å². The molecule has 1 aromatic heterocycles. The molecular formula is C19H28N4O2. The number of rotatable bonds is 5. The molecule has 6 nitrogen and oxygen atoms in total. The molecular weight excluding hydrogens is 316 g/mol. The van der Waals surface area contributed by atoms with Gasteiger partial charge in [-0.15, -0.1) is 0 Å². The van der Waals surface area contributed by atoms with Gasteiger partial charge in [-0.05, 0) is 49.9 Å². The zero-order valence-electron chi connectivity index (χ0n) is 14.9. The summed E-state index contributed by atoms with van der Waals surface area (Å²) in [6, 6.07) is 0. The Kier molecular flexibility index (Phi) is 4.03. The smallest absolute Gasteiger partial charge is 0.229 e. The molecule has 0 N–H and O–H groups in total. The molecule has 4 aliphatic rings. The van der Waals surface area contributed by atoms with Crippen LogP contribution in [0.5, 0.6) is 0 Å². The Morgan fingerprint density at radius 3 is 2.60 bits per heavy atom. The van der Waals surface area contributed by atoms with Gasteiger partial charge in [-0.25, -0.2) is 0 Å². The lowest BCUT2D eigenvalue weighted by Gasteiger charge is -2.35. The van der Waals surface area contributed by atoms with Gasteiger partial charge in [0.05, 0.1) is 6.54 Å². The van der Waals surface area contributed by atoms with E-state index in [1.54, 1.807) is 0 Å². The van der Waals surface area contributed by atoms with Crippen molar-refractivity contribution in [1.82, 2.24) is 19.9 Å². The van der Waals surface area contributed by atoms with Crippen molar-refractivity contribution in [3.63, 3.8) is 0 Å². The topological polar surface area (TPSA) is 62.5 Å². The number of nitrogens with zero attached hydrogens (tertiary/aromatic N) is 4. The molecule has 0 aromatic carbocycles. The summed E-state index contributed by atoms with van der Waals surface area (Å²) in [5.41, 5.74) is 0. The third-order valence-electron chi connectivity index (χ3n) is 6.82. The zero-order chi connectivity index (χ0) is 16.8. The molecule has 136 valence electrons. The van der Waals surface area contributed by atoms with Gasteiger partial charge >= 0.3 is 0 Å². The van der Waals surface area contributed by atoms with Gasteiger partial charge < -0.3 is 9.42 Å². The van der Waals surface area contributed by atoms with Crippen LogP contribution in [-0.4, -0.2) is 52.0 Å². The van der Waals surface area contributed by atoms with Gasteiger partial charge in [0.1, 0.15) is 0 Å². The lowest BCUT2D eigenvalue weighted by atomic mass is 9.86. The number of carbonyl (C=O) groups excluding carboxylic acids is 1. The summed E-state index contributed by atoms with van der Waals surface area (Å²) < 4.78 is 5.34. The highest BCUT2D eigenvalue weighted by atomic mass is 16.5. The number of hydrogen-bond donors (Lipinski definition) is 0. The van der Waals surface area contributed by atoms with Crippen molar-refractivity contribution in [2.24, 2.45) is 17.8 Å². The van der Waals surface area contributed by atoms with E-state index in [0.717, 1.165) is 62.7 Å². The molecule has 1 saturated heterocycles. The molecule has 2 bridgehead atoms. The third kappa shape index (κ3) is 3.33. The van der Waals surface area contributed by atoms with Crippen LogP contribution in [0, 0.1) is 17.8 Å². The van der Waals surface area contributed by atoms with Crippen molar-refractivity contribution in [1.29, 1.82) is 0 Å². The number of carbonyl (C=O) groups is 1. The van der Waals surface area contributed by atoms with E-state index in [2.05, 4.69) is 19.9 Å². The van der Waals surface area contributed by atoms with Crippen LogP contribution in [0.4, 0.5) is 0 Å². The average Bonchev–Trinajstić information content (AvgIpc) is 3.03. The second kappa shape index (κ2) is 6.38. The van der Waals surface area contributed by atoms with Gasteiger partial charge in [0.2, 0.25) is 11.8 Å². The summed E-state index contributed by atoms with van der Waals surface area (Å²) in [4.78, 5) is 21.6. The van der Waals surface area contributed by atoms with Gasteiger partial charge in [-0.2, -0.15) is 4.98 Å². The van der Waals surface area contributed by atoms with Gasteiger partial charge in [0, 0.05) is 38.5 Å². The molecule has 0 radical (unpaired) electrons. The molecule has 6 heteroatoms. The summed E-state index contributed by atoms with van der Waals surface area (Å²) >= 11 is 0. The molecule has 4 fully saturated rings. The van der Waals surface area contributed by atoms with Gasteiger partial charge in [-0.1, -0.05) is 11.6 Å². The van der Waals surface area contributed by atoms with Crippen LogP contribution in [-0.2, 0) is 11.3 Å². The van der Waals surface area contributed by atoms with Crippen LogP contribution in [0.1, 0.15) is 62.6 Å². The minimum absolute atomic E-state index is 0.382. The van der Waals surface area contributed by atoms with Crippen LogP contribution in [0.2, 0.25) is 0 Å². The lowest BCUT2D eigenvalue weighted by molar-refractivity contribution is -0.134. The van der Waals surface area contributed by atoms with Crippen molar-refractivity contribution < 1.29 is 9.32 Å². The van der Waals surface area contributed by atoms with Crippen molar-refractivity contribution in [2.75, 3.05) is 26.2 Å². The molecule has 0 unspecified atom stereocenters. The van der Waals surface area contributed by atoms with Crippen LogP contribution >= 0.6 is 0 Å². The largest absolute Gasteiger partial charge is 0.340 e. The van der Waals surface area contributed by atoms with E-state index in [4.69, 9.17) is 4.52 Å². The first-order valence-electron chi connectivity index (χ1n) is 10.1. The molecule has 1 amide bonds. The summed E-state index contributed by atoms with van der Waals surface area (Å²) in [5.74, 6) is 4.95. The first kappa shape index (κ1) is 15.8. The molecule has 5 rings (SSSR count). The molecule has 3 aliphatic carbocycles. The highest BCUT2D eigenvalue weighted by Crippen LogP contribution is 2.49. The predicted molar refractivity (Wildman–Crippen MR) is 91.7 cm³/mol. The fourth-order valence-corrected chi connectivity index (χ4v) is 5.16. The van der Waals surface area contributed by atoms with Crippen molar-refractivity contribution in [3.05, 3.63) is 11.7 Å². The first-order chi connectivity index (χ1) is 12.2.